The first-order chi connectivity index (χ1) is 26.7. The Balaban J connectivity index is 1.59. The fourth-order valence-corrected chi connectivity index (χ4v) is 5.60. The molecular weight excluding hydrogens is 739 g/mol. The zero-order valence-corrected chi connectivity index (χ0v) is 32.6. The molecule has 1 aliphatic heterocycles. The van der Waals surface area contributed by atoms with E-state index in [0.717, 1.165) is 6.07 Å². The summed E-state index contributed by atoms with van der Waals surface area (Å²) < 4.78 is 63.3. The highest BCUT2D eigenvalue weighted by molar-refractivity contribution is 6.11. The van der Waals surface area contributed by atoms with E-state index in [-0.39, 0.29) is 84.1 Å². The number of methoxy groups -OCH3 is 5. The molecule has 2 atom stereocenters. The predicted octanol–water partition coefficient (Wildman–Crippen LogP) is 5.33. The number of ether oxygens (including phenoxy) is 9. The molecular formula is C39H47FN2O14. The van der Waals surface area contributed by atoms with Gasteiger partial charge in [-0.05, 0) is 57.9 Å². The minimum atomic E-state index is -0.944. The summed E-state index contributed by atoms with van der Waals surface area (Å²) in [5.41, 5.74) is -0.908. The SMILES string of the molecule is COCOc1cc(OC)cc(F)c1C(=O)c1ccc(C(=O)O[C@@H]2CCCN(OC(=O)OC(C)(C)C)C[C@H]2NC(=O)c2cc(OC)c(OCOC)c(OC)c2)cc1. The van der Waals surface area contributed by atoms with Crippen molar-refractivity contribution in [1.82, 2.24) is 10.4 Å². The van der Waals surface area contributed by atoms with Crippen LogP contribution < -0.4 is 29.0 Å². The van der Waals surface area contributed by atoms with Gasteiger partial charge in [0.25, 0.3) is 5.91 Å². The highest BCUT2D eigenvalue weighted by atomic mass is 19.1. The Kier molecular flexibility index (Phi) is 15.2. The molecule has 3 aromatic rings. The summed E-state index contributed by atoms with van der Waals surface area (Å²) in [6.07, 6.45) is -1.20. The lowest BCUT2D eigenvalue weighted by molar-refractivity contribution is -0.144. The van der Waals surface area contributed by atoms with Gasteiger partial charge in [-0.15, -0.1) is 5.06 Å². The van der Waals surface area contributed by atoms with Gasteiger partial charge in [0.2, 0.25) is 5.75 Å². The van der Waals surface area contributed by atoms with E-state index in [0.29, 0.717) is 6.42 Å². The van der Waals surface area contributed by atoms with Gasteiger partial charge in [-0.3, -0.25) is 9.59 Å². The number of nitrogens with zero attached hydrogens (tertiary/aromatic N) is 1. The van der Waals surface area contributed by atoms with Crippen molar-refractivity contribution in [2.45, 2.75) is 51.4 Å². The van der Waals surface area contributed by atoms with Crippen LogP contribution in [0.2, 0.25) is 0 Å². The Morgan fingerprint density at radius 2 is 1.43 bits per heavy atom. The molecule has 1 saturated heterocycles. The molecule has 1 heterocycles. The van der Waals surface area contributed by atoms with Crippen LogP contribution in [0.5, 0.6) is 28.7 Å². The smallest absolute Gasteiger partial charge is 0.497 e. The number of rotatable bonds is 16. The Bertz CT molecular complexity index is 1820. The molecule has 0 bridgehead atoms. The van der Waals surface area contributed by atoms with Crippen molar-refractivity contribution < 1.29 is 71.0 Å². The normalized spacial score (nSPS) is 15.8. The molecule has 0 saturated carbocycles. The molecule has 0 radical (unpaired) electrons. The van der Waals surface area contributed by atoms with Crippen molar-refractivity contribution in [3.8, 4) is 28.7 Å². The average molecular weight is 787 g/mol. The van der Waals surface area contributed by atoms with Gasteiger partial charge >= 0.3 is 12.1 Å². The van der Waals surface area contributed by atoms with Gasteiger partial charge in [-0.25, -0.2) is 14.0 Å². The average Bonchev–Trinajstić information content (AvgIpc) is 3.34. The number of amides is 1. The summed E-state index contributed by atoms with van der Waals surface area (Å²) in [4.78, 5) is 58.9. The van der Waals surface area contributed by atoms with Gasteiger partial charge in [0.15, 0.2) is 30.9 Å². The van der Waals surface area contributed by atoms with Crippen LogP contribution in [0.25, 0.3) is 0 Å². The molecule has 304 valence electrons. The summed E-state index contributed by atoms with van der Waals surface area (Å²) in [7, 11) is 6.98. The molecule has 56 heavy (non-hydrogen) atoms. The topological polar surface area (TPSA) is 176 Å². The van der Waals surface area contributed by atoms with E-state index < -0.39 is 47.4 Å². The number of hydrogen-bond donors (Lipinski definition) is 1. The van der Waals surface area contributed by atoms with Crippen LogP contribution in [0.1, 0.15) is 70.3 Å². The minimum absolute atomic E-state index is 0.0620. The summed E-state index contributed by atoms with van der Waals surface area (Å²) >= 11 is 0. The minimum Gasteiger partial charge on any atom is -0.497 e. The first kappa shape index (κ1) is 43.1. The molecule has 4 rings (SSSR count). The van der Waals surface area contributed by atoms with Gasteiger partial charge in [0.05, 0.1) is 39.5 Å². The van der Waals surface area contributed by atoms with Crippen LogP contribution in [0.3, 0.4) is 0 Å². The number of ketones is 1. The second-order valence-corrected chi connectivity index (χ2v) is 13.3. The van der Waals surface area contributed by atoms with E-state index in [1.54, 1.807) is 20.8 Å². The number of halogens is 1. The molecule has 3 aromatic carbocycles. The first-order valence-corrected chi connectivity index (χ1v) is 17.4. The maximum absolute atomic E-state index is 15.1. The molecule has 1 amide bonds. The van der Waals surface area contributed by atoms with Gasteiger partial charge in [0.1, 0.15) is 34.6 Å². The Labute approximate surface area is 323 Å². The van der Waals surface area contributed by atoms with E-state index in [1.807, 2.05) is 0 Å². The third-order valence-corrected chi connectivity index (χ3v) is 8.16. The van der Waals surface area contributed by atoms with Crippen molar-refractivity contribution >= 4 is 23.8 Å². The van der Waals surface area contributed by atoms with Crippen LogP contribution >= 0.6 is 0 Å². The molecule has 0 aromatic heterocycles. The number of nitrogens with one attached hydrogen (secondary N) is 1. The van der Waals surface area contributed by atoms with E-state index in [4.69, 9.17) is 47.5 Å². The Hall–Kier alpha value is -5.65. The number of esters is 1. The van der Waals surface area contributed by atoms with Crippen LogP contribution in [0.15, 0.2) is 48.5 Å². The lowest BCUT2D eigenvalue weighted by Crippen LogP contribution is -2.50. The molecule has 1 aliphatic rings. The van der Waals surface area contributed by atoms with Crippen molar-refractivity contribution in [2.24, 2.45) is 0 Å². The lowest BCUT2D eigenvalue weighted by Gasteiger charge is -2.29. The first-order valence-electron chi connectivity index (χ1n) is 17.4. The lowest BCUT2D eigenvalue weighted by atomic mass is 10.00. The van der Waals surface area contributed by atoms with Crippen LogP contribution in [-0.4, -0.2) is 109 Å². The fourth-order valence-electron chi connectivity index (χ4n) is 5.60. The number of benzene rings is 3. The maximum atomic E-state index is 15.1. The molecule has 0 aliphatic carbocycles. The van der Waals surface area contributed by atoms with Gasteiger partial charge in [-0.2, -0.15) is 0 Å². The monoisotopic (exact) mass is 786 g/mol. The van der Waals surface area contributed by atoms with Crippen LogP contribution in [0.4, 0.5) is 9.18 Å². The zero-order valence-electron chi connectivity index (χ0n) is 32.6. The number of carbonyl (C=O) groups is 4. The second kappa shape index (κ2) is 19.8. The molecule has 0 unspecified atom stereocenters. The van der Waals surface area contributed by atoms with Gasteiger partial charge in [-0.1, -0.05) is 12.1 Å². The third-order valence-electron chi connectivity index (χ3n) is 8.16. The predicted molar refractivity (Wildman–Crippen MR) is 196 cm³/mol. The maximum Gasteiger partial charge on any atom is 0.528 e. The molecule has 17 heteroatoms. The molecule has 16 nitrogen and oxygen atoms in total. The van der Waals surface area contributed by atoms with E-state index in [2.05, 4.69) is 5.32 Å². The van der Waals surface area contributed by atoms with E-state index >= 15 is 4.39 Å². The third kappa shape index (κ3) is 11.4. The quantitative estimate of drug-likeness (QED) is 0.112. The molecule has 0 spiro atoms. The zero-order chi connectivity index (χ0) is 41.0. The second-order valence-electron chi connectivity index (χ2n) is 13.3. The van der Waals surface area contributed by atoms with Crippen molar-refractivity contribution in [3.63, 3.8) is 0 Å². The van der Waals surface area contributed by atoms with Crippen LogP contribution in [0, 0.1) is 5.82 Å². The fraction of sp³-hybridized carbons (Fsp3) is 0.436. The van der Waals surface area contributed by atoms with E-state index in [9.17, 15) is 19.2 Å². The standard InChI is InChI=1S/C39H47FN2O14/c1-39(2,3)55-38(46)56-42-15-9-10-29(28(20-42)41-36(44)25-16-31(50-7)35(53-22-48-5)32(17-25)51-8)54-37(45)24-13-11-23(12-14-24)34(43)33-27(40)18-26(49-6)19-30(33)52-21-47-4/h11-14,16-19,28-29H,9-10,15,20-22H2,1-8H3,(H,41,44)/t28-,29-/m1/s1. The highest BCUT2D eigenvalue weighted by Crippen LogP contribution is 2.39. The van der Waals surface area contributed by atoms with Crippen molar-refractivity contribution in [2.75, 3.05) is 62.2 Å². The largest absolute Gasteiger partial charge is 0.528 e. The van der Waals surface area contributed by atoms with Crippen LogP contribution in [-0.2, 0) is 23.8 Å². The number of carbonyl (C=O) groups excluding carboxylic acids is 4. The van der Waals surface area contributed by atoms with Gasteiger partial charge in [0, 0.05) is 44.0 Å². The van der Waals surface area contributed by atoms with Crippen molar-refractivity contribution in [3.05, 3.63) is 76.6 Å². The summed E-state index contributed by atoms with van der Waals surface area (Å²) in [5, 5.41) is 4.23. The molecule has 1 fully saturated rings. The van der Waals surface area contributed by atoms with Crippen molar-refractivity contribution in [1.29, 1.82) is 0 Å². The summed E-state index contributed by atoms with van der Waals surface area (Å²) in [5.74, 6) is -2.28. The summed E-state index contributed by atoms with van der Waals surface area (Å²) in [6.45, 7) is 4.88. The Morgan fingerprint density at radius 3 is 2.02 bits per heavy atom. The highest BCUT2D eigenvalue weighted by Gasteiger charge is 2.35. The molecule has 1 N–H and O–H groups in total. The number of hydroxylamine groups is 2. The van der Waals surface area contributed by atoms with Gasteiger partial charge < -0.3 is 52.8 Å². The number of hydrogen-bond acceptors (Lipinski definition) is 15. The summed E-state index contributed by atoms with van der Waals surface area (Å²) in [6, 6.07) is 9.83. The van der Waals surface area contributed by atoms with E-state index in [1.165, 1.54) is 83.1 Å². The Morgan fingerprint density at radius 1 is 0.804 bits per heavy atom.